The summed E-state index contributed by atoms with van der Waals surface area (Å²) in [6.07, 6.45) is -12.2. The third kappa shape index (κ3) is 9.67. The molecule has 0 bridgehead atoms. The fraction of sp³-hybridized carbons (Fsp3) is 0.146. The van der Waals surface area contributed by atoms with Crippen molar-refractivity contribution in [3.63, 3.8) is 0 Å². The number of ether oxygens (including phenoxy) is 6. The molecule has 0 aliphatic carbocycles. The van der Waals surface area contributed by atoms with E-state index in [2.05, 4.69) is 0 Å². The second-order valence-corrected chi connectivity index (χ2v) is 14.0. The molecule has 0 saturated carbocycles. The summed E-state index contributed by atoms with van der Waals surface area (Å²) in [6.45, 7) is -1.25. The molecule has 0 radical (unpaired) electrons. The van der Waals surface area contributed by atoms with Gasteiger partial charge in [0.25, 0.3) is 0 Å². The van der Waals surface area contributed by atoms with Gasteiger partial charge in [0.15, 0.2) is 98.5 Å². The molecule has 1 heterocycles. The van der Waals surface area contributed by atoms with Crippen LogP contribution in [-0.2, 0) is 28.4 Å². The fourth-order valence-corrected chi connectivity index (χ4v) is 6.11. The van der Waals surface area contributed by atoms with Gasteiger partial charge < -0.3 is 105 Å². The minimum Gasteiger partial charge on any atom is -0.504 e. The second-order valence-electron chi connectivity index (χ2n) is 14.0. The molecular formula is C41H32O26. The van der Waals surface area contributed by atoms with Crippen molar-refractivity contribution in [1.82, 2.24) is 0 Å². The number of hydrogen-bond acceptors (Lipinski definition) is 26. The van der Waals surface area contributed by atoms with Crippen molar-refractivity contribution < 1.29 is 129 Å². The first-order valence-corrected chi connectivity index (χ1v) is 18.4. The van der Waals surface area contributed by atoms with Gasteiger partial charge in [-0.15, -0.1) is 0 Å². The van der Waals surface area contributed by atoms with Gasteiger partial charge in [0, 0.05) is 0 Å². The smallest absolute Gasteiger partial charge is 0.340 e. The van der Waals surface area contributed by atoms with Crippen LogP contribution in [0.3, 0.4) is 0 Å². The van der Waals surface area contributed by atoms with Crippen molar-refractivity contribution in [2.45, 2.75) is 30.7 Å². The van der Waals surface area contributed by atoms with Crippen LogP contribution in [0.2, 0.25) is 0 Å². The predicted molar refractivity (Wildman–Crippen MR) is 209 cm³/mol. The van der Waals surface area contributed by atoms with Crippen molar-refractivity contribution in [2.75, 3.05) is 6.61 Å². The Morgan fingerprint density at radius 2 is 0.582 bits per heavy atom. The van der Waals surface area contributed by atoms with Crippen molar-refractivity contribution in [3.05, 3.63) is 88.5 Å². The van der Waals surface area contributed by atoms with E-state index in [0.29, 0.717) is 60.7 Å². The number of esters is 5. The van der Waals surface area contributed by atoms with Crippen molar-refractivity contribution in [3.8, 4) is 86.2 Å². The zero-order chi connectivity index (χ0) is 49.3. The average molecular weight is 941 g/mol. The van der Waals surface area contributed by atoms with Crippen LogP contribution in [-0.4, -0.2) is 144 Å². The molecule has 5 atom stereocenters. The van der Waals surface area contributed by atoms with Crippen LogP contribution >= 0.6 is 0 Å². The van der Waals surface area contributed by atoms with E-state index in [1.165, 1.54) is 0 Å². The Kier molecular flexibility index (Phi) is 12.8. The van der Waals surface area contributed by atoms with Crippen LogP contribution in [0.1, 0.15) is 51.8 Å². The molecular weight excluding hydrogens is 908 g/mol. The summed E-state index contributed by atoms with van der Waals surface area (Å²) >= 11 is 0. The van der Waals surface area contributed by atoms with E-state index >= 15 is 0 Å². The fourth-order valence-electron chi connectivity index (χ4n) is 6.11. The molecule has 0 amide bonds. The van der Waals surface area contributed by atoms with Gasteiger partial charge in [-0.1, -0.05) is 0 Å². The average Bonchev–Trinajstić information content (AvgIpc) is 3.27. The number of rotatable bonds is 11. The van der Waals surface area contributed by atoms with E-state index in [4.69, 9.17) is 28.4 Å². The number of benzene rings is 5. The van der Waals surface area contributed by atoms with Crippen LogP contribution in [0, 0.1) is 0 Å². The number of aromatic hydroxyl groups is 15. The predicted octanol–water partition coefficient (Wildman–Crippen LogP) is 1.69. The standard InChI is InChI=1S/C41H32O26/c42-17-1-12(2-18(43)28(17)52)36(57)62-11-27-33(64-37(58)13-3-19(44)29(53)20(45)4-13)34(65-38(59)14-5-21(46)30(54)22(47)6-14)35(66-39(60)15-7-23(48)31(55)24(49)8-15)41(63-27)67-40(61)16-9-25(50)32(56)26(51)10-16/h1-10,27,33-35,41-56H,11H2/t27-,33+,34+,35-,41+/m0/s1. The first kappa shape index (κ1) is 46.9. The molecule has 26 heteroatoms. The summed E-state index contributed by atoms with van der Waals surface area (Å²) in [4.78, 5) is 68.5. The van der Waals surface area contributed by atoms with Crippen LogP contribution in [0.5, 0.6) is 86.2 Å². The lowest BCUT2D eigenvalue weighted by Crippen LogP contribution is -2.63. The number of carbonyl (C=O) groups excluding carboxylic acids is 5. The molecule has 352 valence electrons. The van der Waals surface area contributed by atoms with Gasteiger partial charge in [-0.05, 0) is 60.7 Å². The van der Waals surface area contributed by atoms with Crippen molar-refractivity contribution in [1.29, 1.82) is 0 Å². The third-order valence-electron chi connectivity index (χ3n) is 9.45. The largest absolute Gasteiger partial charge is 0.504 e. The van der Waals surface area contributed by atoms with Crippen LogP contribution in [0.4, 0.5) is 0 Å². The number of phenolic OH excluding ortho intramolecular Hbond substituents is 15. The molecule has 0 unspecified atom stereocenters. The topological polar surface area (TPSA) is 444 Å². The molecule has 1 fully saturated rings. The van der Waals surface area contributed by atoms with Gasteiger partial charge in [0.2, 0.25) is 12.4 Å². The molecule has 1 aliphatic heterocycles. The number of phenols is 15. The monoisotopic (exact) mass is 940 g/mol. The van der Waals surface area contributed by atoms with E-state index in [-0.39, 0.29) is 0 Å². The SMILES string of the molecule is O=C(OC[C@@H]1O[C@H](OC(=O)c2cc(O)c(O)c(O)c2)[C@@H](OC(=O)c2cc(O)c(O)c(O)c2)[C@H](OC(=O)c2cc(O)c(O)c(O)c2)[C@@H]1OC(=O)c1cc(O)c(O)c(O)c1)c1cc(O)c(O)c(O)c1. The summed E-state index contributed by atoms with van der Waals surface area (Å²) in [6, 6.07) is 5.60. The minimum atomic E-state index is -2.56. The molecule has 0 aromatic heterocycles. The molecule has 5 aromatic rings. The van der Waals surface area contributed by atoms with Gasteiger partial charge in [0.05, 0.1) is 27.8 Å². The lowest BCUT2D eigenvalue weighted by molar-refractivity contribution is -0.282. The lowest BCUT2D eigenvalue weighted by atomic mass is 9.97. The highest BCUT2D eigenvalue weighted by atomic mass is 16.7. The highest BCUT2D eigenvalue weighted by Crippen LogP contribution is 2.41. The Labute approximate surface area is 370 Å². The summed E-state index contributed by atoms with van der Waals surface area (Å²) in [5.74, 6) is -24.5. The molecule has 5 aromatic carbocycles. The van der Waals surface area contributed by atoms with Crippen LogP contribution in [0.15, 0.2) is 60.7 Å². The third-order valence-corrected chi connectivity index (χ3v) is 9.45. The minimum absolute atomic E-state index is 0.534. The highest BCUT2D eigenvalue weighted by Gasteiger charge is 2.55. The number of carbonyl (C=O) groups is 5. The zero-order valence-corrected chi connectivity index (χ0v) is 33.1. The molecule has 26 nitrogen and oxygen atoms in total. The normalized spacial score (nSPS) is 17.7. The zero-order valence-electron chi connectivity index (χ0n) is 33.1. The summed E-state index contributed by atoms with van der Waals surface area (Å²) in [7, 11) is 0. The maximum absolute atomic E-state index is 13.9. The van der Waals surface area contributed by atoms with Crippen molar-refractivity contribution >= 4 is 29.8 Å². The molecule has 1 saturated heterocycles. The molecule has 1 aliphatic rings. The lowest BCUT2D eigenvalue weighted by Gasteiger charge is -2.43. The highest BCUT2D eigenvalue weighted by molar-refractivity contribution is 5.94. The Hall–Kier alpha value is -9.59. The summed E-state index contributed by atoms with van der Waals surface area (Å²) in [5, 5.41) is 150. The van der Waals surface area contributed by atoms with Gasteiger partial charge in [-0.2, -0.15) is 0 Å². The van der Waals surface area contributed by atoms with E-state index in [1.807, 2.05) is 0 Å². The van der Waals surface area contributed by atoms with Gasteiger partial charge in [0.1, 0.15) is 12.7 Å². The first-order chi connectivity index (χ1) is 31.4. The Bertz CT molecular complexity index is 2720. The second kappa shape index (κ2) is 18.3. The molecule has 0 spiro atoms. The van der Waals surface area contributed by atoms with Crippen LogP contribution in [0.25, 0.3) is 0 Å². The molecule has 6 rings (SSSR count). The van der Waals surface area contributed by atoms with E-state index < -0.39 is 181 Å². The van der Waals surface area contributed by atoms with Gasteiger partial charge >= 0.3 is 29.8 Å². The molecule has 15 N–H and O–H groups in total. The number of hydrogen-bond donors (Lipinski definition) is 15. The molecule has 67 heavy (non-hydrogen) atoms. The quantitative estimate of drug-likeness (QED) is 0.0509. The summed E-state index contributed by atoms with van der Waals surface area (Å²) < 4.78 is 33.2. The van der Waals surface area contributed by atoms with Gasteiger partial charge in [-0.25, -0.2) is 24.0 Å². The van der Waals surface area contributed by atoms with E-state index in [1.54, 1.807) is 0 Å². The van der Waals surface area contributed by atoms with E-state index in [0.717, 1.165) is 0 Å². The summed E-state index contributed by atoms with van der Waals surface area (Å²) in [5.41, 5.74) is -3.88. The Balaban J connectivity index is 1.52. The maximum Gasteiger partial charge on any atom is 0.340 e. The van der Waals surface area contributed by atoms with Crippen molar-refractivity contribution in [2.24, 2.45) is 0 Å². The van der Waals surface area contributed by atoms with E-state index in [9.17, 15) is 101 Å². The van der Waals surface area contributed by atoms with Gasteiger partial charge in [-0.3, -0.25) is 0 Å². The van der Waals surface area contributed by atoms with Crippen LogP contribution < -0.4 is 0 Å². The Morgan fingerprint density at radius 3 is 0.881 bits per heavy atom. The first-order valence-electron chi connectivity index (χ1n) is 18.4. The Morgan fingerprint density at radius 1 is 0.343 bits per heavy atom. The maximum atomic E-state index is 13.9.